The zero-order chi connectivity index (χ0) is 17.5. The van der Waals surface area contributed by atoms with Crippen LogP contribution in [-0.2, 0) is 0 Å². The maximum Gasteiger partial charge on any atom is 0.286 e. The molecule has 1 aromatic carbocycles. The molecule has 1 amide bonds. The van der Waals surface area contributed by atoms with Crippen molar-refractivity contribution in [2.45, 2.75) is 38.0 Å². The number of amides is 1. The summed E-state index contributed by atoms with van der Waals surface area (Å²) in [6.07, 6.45) is 6.08. The van der Waals surface area contributed by atoms with Crippen LogP contribution in [0.2, 0.25) is 0 Å². The van der Waals surface area contributed by atoms with Crippen LogP contribution in [0.25, 0.3) is 4.96 Å². The van der Waals surface area contributed by atoms with E-state index < -0.39 is 0 Å². The number of nitrogens with one attached hydrogen (secondary N) is 1. The number of hydrogen-bond donors (Lipinski definition) is 1. The molecule has 2 fully saturated rings. The van der Waals surface area contributed by atoms with Crippen molar-refractivity contribution in [2.24, 2.45) is 0 Å². The molecule has 134 valence electrons. The molecule has 5 rings (SSSR count). The van der Waals surface area contributed by atoms with E-state index in [1.807, 2.05) is 12.1 Å². The van der Waals surface area contributed by atoms with Crippen LogP contribution in [0.3, 0.4) is 0 Å². The van der Waals surface area contributed by atoms with E-state index in [1.54, 1.807) is 4.52 Å². The lowest BCUT2D eigenvalue weighted by Gasteiger charge is -2.28. The number of aromatic nitrogens is 4. The van der Waals surface area contributed by atoms with Gasteiger partial charge in [0.1, 0.15) is 0 Å². The summed E-state index contributed by atoms with van der Waals surface area (Å²) in [5.41, 5.74) is 2.00. The van der Waals surface area contributed by atoms with Crippen LogP contribution in [0.5, 0.6) is 0 Å². The molecule has 1 aliphatic heterocycles. The van der Waals surface area contributed by atoms with Crippen molar-refractivity contribution in [3.05, 3.63) is 35.1 Å². The highest BCUT2D eigenvalue weighted by Gasteiger charge is 2.30. The number of piperidine rings is 1. The maximum absolute atomic E-state index is 12.5. The van der Waals surface area contributed by atoms with Gasteiger partial charge in [-0.3, -0.25) is 4.79 Å². The molecule has 1 aliphatic carbocycles. The summed E-state index contributed by atoms with van der Waals surface area (Å²) >= 11 is 1.27. The topological polar surface area (TPSA) is 75.4 Å². The Hall–Kier alpha value is -2.48. The quantitative estimate of drug-likeness (QED) is 0.765. The Balaban J connectivity index is 1.30. The Kier molecular flexibility index (Phi) is 3.85. The number of hydrogen-bond acceptors (Lipinski definition) is 6. The van der Waals surface area contributed by atoms with Gasteiger partial charge < -0.3 is 10.2 Å². The lowest BCUT2D eigenvalue weighted by molar-refractivity contribution is 0.102. The monoisotopic (exact) mass is 368 g/mol. The van der Waals surface area contributed by atoms with Crippen molar-refractivity contribution in [3.8, 4) is 0 Å². The Labute approximate surface area is 155 Å². The third kappa shape index (κ3) is 2.94. The first-order valence-corrected chi connectivity index (χ1v) is 9.98. The van der Waals surface area contributed by atoms with Crippen LogP contribution >= 0.6 is 11.3 Å². The van der Waals surface area contributed by atoms with E-state index in [2.05, 4.69) is 37.6 Å². The van der Waals surface area contributed by atoms with Gasteiger partial charge in [-0.15, -0.1) is 15.3 Å². The van der Waals surface area contributed by atoms with Gasteiger partial charge in [0.05, 0.1) is 0 Å². The molecule has 3 heterocycles. The average Bonchev–Trinajstić information content (AvgIpc) is 3.30. The fourth-order valence-electron chi connectivity index (χ4n) is 3.41. The Bertz CT molecular complexity index is 936. The third-order valence-corrected chi connectivity index (χ3v) is 5.90. The second-order valence-corrected chi connectivity index (χ2v) is 7.94. The second-order valence-electron chi connectivity index (χ2n) is 6.98. The van der Waals surface area contributed by atoms with Crippen molar-refractivity contribution in [1.82, 2.24) is 19.8 Å². The van der Waals surface area contributed by atoms with Crippen LogP contribution in [0.4, 0.5) is 11.4 Å². The summed E-state index contributed by atoms with van der Waals surface area (Å²) in [5.74, 6) is 1.12. The van der Waals surface area contributed by atoms with E-state index in [-0.39, 0.29) is 5.91 Å². The molecule has 2 aliphatic rings. The number of carbonyl (C=O) groups is 1. The summed E-state index contributed by atoms with van der Waals surface area (Å²) in [6.45, 7) is 2.23. The molecule has 1 saturated heterocycles. The van der Waals surface area contributed by atoms with Gasteiger partial charge in [0.15, 0.2) is 5.82 Å². The van der Waals surface area contributed by atoms with Gasteiger partial charge in [-0.2, -0.15) is 4.52 Å². The van der Waals surface area contributed by atoms with Crippen LogP contribution in [0.15, 0.2) is 24.3 Å². The predicted octanol–water partition coefficient (Wildman–Crippen LogP) is 3.31. The summed E-state index contributed by atoms with van der Waals surface area (Å²) in [4.78, 5) is 15.6. The van der Waals surface area contributed by atoms with Gasteiger partial charge in [-0.25, -0.2) is 0 Å². The molecule has 7 nitrogen and oxygen atoms in total. The highest BCUT2D eigenvalue weighted by molar-refractivity contribution is 7.18. The van der Waals surface area contributed by atoms with Crippen molar-refractivity contribution in [2.75, 3.05) is 23.3 Å². The van der Waals surface area contributed by atoms with Gasteiger partial charge in [-0.1, -0.05) is 11.3 Å². The molecule has 3 aromatic rings. The number of fused-ring (bicyclic) bond motifs is 1. The summed E-state index contributed by atoms with van der Waals surface area (Å²) in [5, 5.41) is 16.1. The molecule has 0 spiro atoms. The number of rotatable bonds is 4. The van der Waals surface area contributed by atoms with E-state index in [0.717, 1.165) is 37.4 Å². The molecule has 0 radical (unpaired) electrons. The smallest absolute Gasteiger partial charge is 0.286 e. The fraction of sp³-hybridized carbons (Fsp3) is 0.444. The number of anilines is 2. The number of nitrogens with zero attached hydrogens (tertiary/aromatic N) is 5. The standard InChI is InChI=1S/C18H20N6OS/c25-16(17-22-24-15(12-4-5-12)20-21-18(24)26-17)19-13-6-8-14(9-7-13)23-10-2-1-3-11-23/h6-9,12H,1-5,10-11H2,(H,19,25). The molecule has 0 unspecified atom stereocenters. The van der Waals surface area contributed by atoms with Crippen LogP contribution < -0.4 is 10.2 Å². The second kappa shape index (κ2) is 6.35. The van der Waals surface area contributed by atoms with Crippen LogP contribution in [-0.4, -0.2) is 38.8 Å². The fourth-order valence-corrected chi connectivity index (χ4v) is 4.15. The van der Waals surface area contributed by atoms with Crippen molar-refractivity contribution in [3.63, 3.8) is 0 Å². The minimum atomic E-state index is -0.201. The van der Waals surface area contributed by atoms with Gasteiger partial charge in [-0.05, 0) is 56.4 Å². The van der Waals surface area contributed by atoms with E-state index in [0.29, 0.717) is 15.9 Å². The molecule has 2 aromatic heterocycles. The first-order valence-electron chi connectivity index (χ1n) is 9.16. The highest BCUT2D eigenvalue weighted by Crippen LogP contribution is 2.39. The highest BCUT2D eigenvalue weighted by atomic mass is 32.1. The van der Waals surface area contributed by atoms with Gasteiger partial charge in [0.25, 0.3) is 5.91 Å². The van der Waals surface area contributed by atoms with E-state index in [9.17, 15) is 4.79 Å². The van der Waals surface area contributed by atoms with E-state index >= 15 is 0 Å². The Morgan fingerprint density at radius 1 is 1.08 bits per heavy atom. The molecular formula is C18H20N6OS. The molecule has 8 heteroatoms. The van der Waals surface area contributed by atoms with E-state index in [1.165, 1.54) is 36.3 Å². The van der Waals surface area contributed by atoms with Crippen LogP contribution in [0, 0.1) is 0 Å². The Morgan fingerprint density at radius 3 is 2.58 bits per heavy atom. The SMILES string of the molecule is O=C(Nc1ccc(N2CCCCC2)cc1)c1nn2c(C3CC3)nnc2s1. The molecule has 1 saturated carbocycles. The van der Waals surface area contributed by atoms with Gasteiger partial charge in [0, 0.05) is 30.4 Å². The van der Waals surface area contributed by atoms with E-state index in [4.69, 9.17) is 0 Å². The van der Waals surface area contributed by atoms with Crippen LogP contribution in [0.1, 0.15) is 53.6 Å². The molecule has 1 N–H and O–H groups in total. The molecular weight excluding hydrogens is 348 g/mol. The van der Waals surface area contributed by atoms with Gasteiger partial charge >= 0.3 is 0 Å². The predicted molar refractivity (Wildman–Crippen MR) is 101 cm³/mol. The average molecular weight is 368 g/mol. The zero-order valence-corrected chi connectivity index (χ0v) is 15.2. The minimum absolute atomic E-state index is 0.201. The number of benzene rings is 1. The zero-order valence-electron chi connectivity index (χ0n) is 14.4. The molecule has 0 bridgehead atoms. The molecule has 0 atom stereocenters. The number of carbonyl (C=O) groups excluding carboxylic acids is 1. The maximum atomic E-state index is 12.5. The van der Waals surface area contributed by atoms with Gasteiger partial charge in [0.2, 0.25) is 9.97 Å². The summed E-state index contributed by atoms with van der Waals surface area (Å²) in [7, 11) is 0. The van der Waals surface area contributed by atoms with Crippen molar-refractivity contribution >= 4 is 33.6 Å². The minimum Gasteiger partial charge on any atom is -0.372 e. The lowest BCUT2D eigenvalue weighted by Crippen LogP contribution is -2.29. The molecule has 26 heavy (non-hydrogen) atoms. The summed E-state index contributed by atoms with van der Waals surface area (Å²) in [6, 6.07) is 8.06. The normalized spacial score (nSPS) is 17.6. The van der Waals surface area contributed by atoms with Crippen molar-refractivity contribution in [1.29, 1.82) is 0 Å². The Morgan fingerprint density at radius 2 is 1.85 bits per heavy atom. The lowest BCUT2D eigenvalue weighted by atomic mass is 10.1. The largest absolute Gasteiger partial charge is 0.372 e. The third-order valence-electron chi connectivity index (χ3n) is 5.00. The first kappa shape index (κ1) is 15.7. The summed E-state index contributed by atoms with van der Waals surface area (Å²) < 4.78 is 1.72. The first-order chi connectivity index (χ1) is 12.8. The van der Waals surface area contributed by atoms with Crippen molar-refractivity contribution < 1.29 is 4.79 Å².